The molecule has 2 aromatic heterocycles. The maximum atomic E-state index is 12.1. The molecule has 0 unspecified atom stereocenters. The average molecular weight is 323 g/mol. The number of rotatable bonds is 4. The molecule has 0 atom stereocenters. The van der Waals surface area contributed by atoms with E-state index >= 15 is 0 Å². The lowest BCUT2D eigenvalue weighted by atomic mass is 10.0. The largest absolute Gasteiger partial charge is 0.298 e. The second-order valence-electron chi connectivity index (χ2n) is 5.51. The quantitative estimate of drug-likeness (QED) is 0.764. The molecule has 0 saturated carbocycles. The first-order chi connectivity index (χ1) is 11.1. The van der Waals surface area contributed by atoms with Crippen LogP contribution in [-0.4, -0.2) is 15.9 Å². The van der Waals surface area contributed by atoms with Gasteiger partial charge in [0.2, 0.25) is 0 Å². The van der Waals surface area contributed by atoms with Crippen LogP contribution in [0.5, 0.6) is 0 Å². The lowest BCUT2D eigenvalue weighted by Crippen LogP contribution is -2.11. The third-order valence-corrected chi connectivity index (χ3v) is 4.28. The van der Waals surface area contributed by atoms with Crippen LogP contribution < -0.4 is 5.32 Å². The number of nitrogens with zero attached hydrogens (tertiary/aromatic N) is 2. The maximum absolute atomic E-state index is 12.1. The van der Waals surface area contributed by atoms with Crippen LogP contribution >= 0.6 is 11.3 Å². The van der Waals surface area contributed by atoms with Gasteiger partial charge in [0.15, 0.2) is 5.13 Å². The van der Waals surface area contributed by atoms with Crippen molar-refractivity contribution >= 4 is 22.4 Å². The highest BCUT2D eigenvalue weighted by atomic mass is 32.1. The van der Waals surface area contributed by atoms with Gasteiger partial charge in [0.25, 0.3) is 5.91 Å². The summed E-state index contributed by atoms with van der Waals surface area (Å²) in [6.07, 6.45) is 3.17. The van der Waals surface area contributed by atoms with Gasteiger partial charge in [0.05, 0.1) is 11.3 Å². The Hall–Kier alpha value is -2.53. The van der Waals surface area contributed by atoms with Gasteiger partial charge in [-0.2, -0.15) is 0 Å². The van der Waals surface area contributed by atoms with Gasteiger partial charge in [-0.05, 0) is 23.6 Å². The molecule has 2 heterocycles. The number of hydrogen-bond acceptors (Lipinski definition) is 4. The Morgan fingerprint density at radius 2 is 1.96 bits per heavy atom. The Morgan fingerprint density at radius 3 is 2.61 bits per heavy atom. The van der Waals surface area contributed by atoms with E-state index < -0.39 is 0 Å². The zero-order chi connectivity index (χ0) is 16.2. The van der Waals surface area contributed by atoms with Gasteiger partial charge in [-0.1, -0.05) is 38.1 Å². The van der Waals surface area contributed by atoms with Crippen LogP contribution in [0, 0.1) is 0 Å². The molecule has 4 nitrogen and oxygen atoms in total. The van der Waals surface area contributed by atoms with Crippen molar-refractivity contribution in [3.63, 3.8) is 0 Å². The van der Waals surface area contributed by atoms with Crippen LogP contribution in [0.2, 0.25) is 0 Å². The number of benzene rings is 1. The van der Waals surface area contributed by atoms with Gasteiger partial charge in [-0.15, -0.1) is 11.3 Å². The predicted octanol–water partition coefficient (Wildman–Crippen LogP) is 4.58. The highest BCUT2D eigenvalue weighted by molar-refractivity contribution is 7.14. The molecule has 0 aliphatic rings. The molecule has 0 radical (unpaired) electrons. The molecule has 3 aromatic rings. The maximum Gasteiger partial charge on any atom is 0.259 e. The first-order valence-electron chi connectivity index (χ1n) is 7.40. The van der Waals surface area contributed by atoms with E-state index in [1.165, 1.54) is 23.1 Å². The summed E-state index contributed by atoms with van der Waals surface area (Å²) in [7, 11) is 0. The van der Waals surface area contributed by atoms with Gasteiger partial charge in [0.1, 0.15) is 0 Å². The second kappa shape index (κ2) is 6.71. The molecule has 3 rings (SSSR count). The van der Waals surface area contributed by atoms with Crippen molar-refractivity contribution < 1.29 is 4.79 Å². The van der Waals surface area contributed by atoms with Crippen molar-refractivity contribution in [1.82, 2.24) is 9.97 Å². The van der Waals surface area contributed by atoms with Crippen LogP contribution in [-0.2, 0) is 0 Å². The number of anilines is 1. The molecule has 0 fully saturated rings. The van der Waals surface area contributed by atoms with Gasteiger partial charge in [0, 0.05) is 23.3 Å². The summed E-state index contributed by atoms with van der Waals surface area (Å²) in [6.45, 7) is 4.34. The van der Waals surface area contributed by atoms with E-state index in [1.807, 2.05) is 5.38 Å². The molecule has 1 aromatic carbocycles. The number of carbonyl (C=O) groups is 1. The van der Waals surface area contributed by atoms with E-state index in [0.717, 1.165) is 11.3 Å². The summed E-state index contributed by atoms with van der Waals surface area (Å²) >= 11 is 1.41. The molecule has 1 N–H and O–H groups in total. The van der Waals surface area contributed by atoms with Crippen molar-refractivity contribution in [2.45, 2.75) is 19.8 Å². The third-order valence-electron chi connectivity index (χ3n) is 3.52. The summed E-state index contributed by atoms with van der Waals surface area (Å²) in [6, 6.07) is 11.8. The highest BCUT2D eigenvalue weighted by Gasteiger charge is 2.10. The van der Waals surface area contributed by atoms with Crippen molar-refractivity contribution in [2.24, 2.45) is 0 Å². The normalized spacial score (nSPS) is 10.7. The summed E-state index contributed by atoms with van der Waals surface area (Å²) in [4.78, 5) is 20.5. The Kier molecular flexibility index (Phi) is 4.48. The number of aromatic nitrogens is 2. The SMILES string of the molecule is CC(C)c1ccc(-c2csc(NC(=O)c3cccnc3)n2)cc1. The van der Waals surface area contributed by atoms with Gasteiger partial charge in [-0.3, -0.25) is 15.1 Å². The molecule has 23 heavy (non-hydrogen) atoms. The molecular formula is C18H17N3OS. The number of amides is 1. The van der Waals surface area contributed by atoms with Crippen LogP contribution in [0.15, 0.2) is 54.2 Å². The average Bonchev–Trinajstić information content (AvgIpc) is 3.04. The third kappa shape index (κ3) is 3.63. The standard InChI is InChI=1S/C18H17N3OS/c1-12(2)13-5-7-14(8-6-13)16-11-23-18(20-16)21-17(22)15-4-3-9-19-10-15/h3-12H,1-2H3,(H,20,21,22). The Morgan fingerprint density at radius 1 is 1.17 bits per heavy atom. The molecular weight excluding hydrogens is 306 g/mol. The van der Waals surface area contributed by atoms with Crippen molar-refractivity contribution in [3.8, 4) is 11.3 Å². The monoisotopic (exact) mass is 323 g/mol. The van der Waals surface area contributed by atoms with Gasteiger partial charge in [-0.25, -0.2) is 4.98 Å². The summed E-state index contributed by atoms with van der Waals surface area (Å²) in [5.41, 5.74) is 3.74. The van der Waals surface area contributed by atoms with E-state index in [1.54, 1.807) is 18.3 Å². The van der Waals surface area contributed by atoms with Crippen LogP contribution in [0.25, 0.3) is 11.3 Å². The minimum atomic E-state index is -0.200. The van der Waals surface area contributed by atoms with Gasteiger partial charge < -0.3 is 0 Å². The summed E-state index contributed by atoms with van der Waals surface area (Å²) in [5, 5.41) is 5.34. The van der Waals surface area contributed by atoms with E-state index in [9.17, 15) is 4.79 Å². The Labute approximate surface area is 139 Å². The predicted molar refractivity (Wildman–Crippen MR) is 93.8 cm³/mol. The number of carbonyl (C=O) groups excluding carboxylic acids is 1. The molecule has 0 aliphatic heterocycles. The van der Waals surface area contributed by atoms with Crippen molar-refractivity contribution in [3.05, 3.63) is 65.3 Å². The molecule has 0 bridgehead atoms. The van der Waals surface area contributed by atoms with E-state index in [4.69, 9.17) is 0 Å². The van der Waals surface area contributed by atoms with Crippen LogP contribution in [0.1, 0.15) is 35.7 Å². The van der Waals surface area contributed by atoms with Gasteiger partial charge >= 0.3 is 0 Å². The second-order valence-corrected chi connectivity index (χ2v) is 6.37. The van der Waals surface area contributed by atoms with E-state index in [0.29, 0.717) is 16.6 Å². The molecule has 5 heteroatoms. The fourth-order valence-corrected chi connectivity index (χ4v) is 2.88. The Bertz CT molecular complexity index is 795. The number of nitrogens with one attached hydrogen (secondary N) is 1. The number of pyridine rings is 1. The molecule has 1 amide bonds. The molecule has 0 saturated heterocycles. The summed E-state index contributed by atoms with van der Waals surface area (Å²) in [5.74, 6) is 0.308. The molecule has 116 valence electrons. The highest BCUT2D eigenvalue weighted by Crippen LogP contribution is 2.26. The number of hydrogen-bond donors (Lipinski definition) is 1. The first-order valence-corrected chi connectivity index (χ1v) is 8.28. The minimum absolute atomic E-state index is 0.200. The summed E-state index contributed by atoms with van der Waals surface area (Å²) < 4.78 is 0. The van der Waals surface area contributed by atoms with Crippen molar-refractivity contribution in [2.75, 3.05) is 5.32 Å². The smallest absolute Gasteiger partial charge is 0.259 e. The van der Waals surface area contributed by atoms with Crippen LogP contribution in [0.3, 0.4) is 0 Å². The lowest BCUT2D eigenvalue weighted by molar-refractivity contribution is 0.102. The minimum Gasteiger partial charge on any atom is -0.298 e. The van der Waals surface area contributed by atoms with E-state index in [2.05, 4.69) is 53.4 Å². The van der Waals surface area contributed by atoms with Crippen LogP contribution in [0.4, 0.5) is 5.13 Å². The fraction of sp³-hybridized carbons (Fsp3) is 0.167. The molecule has 0 aliphatic carbocycles. The lowest BCUT2D eigenvalue weighted by Gasteiger charge is -2.05. The fourth-order valence-electron chi connectivity index (χ4n) is 2.17. The first kappa shape index (κ1) is 15.4. The zero-order valence-corrected chi connectivity index (χ0v) is 13.8. The Balaban J connectivity index is 1.74. The number of thiazole rings is 1. The molecule has 0 spiro atoms. The topological polar surface area (TPSA) is 54.9 Å². The van der Waals surface area contributed by atoms with Crippen molar-refractivity contribution in [1.29, 1.82) is 0 Å². The zero-order valence-electron chi connectivity index (χ0n) is 13.0. The van der Waals surface area contributed by atoms with E-state index in [-0.39, 0.29) is 5.91 Å².